The number of phenols is 1. The number of hydrogen-bond donors (Lipinski definition) is 1. The number of hydrogen-bond acceptors (Lipinski definition) is 5. The Balaban J connectivity index is 1.89. The summed E-state index contributed by atoms with van der Waals surface area (Å²) in [5, 5.41) is 19.3. The molecule has 8 heteroatoms. The zero-order chi connectivity index (χ0) is 21.3. The highest BCUT2D eigenvalue weighted by atomic mass is 19.2. The highest BCUT2D eigenvalue weighted by Gasteiger charge is 2.15. The third-order valence-corrected chi connectivity index (χ3v) is 4.49. The number of benzene rings is 2. The molecule has 0 amide bonds. The van der Waals surface area contributed by atoms with Crippen molar-refractivity contribution in [2.24, 2.45) is 0 Å². The van der Waals surface area contributed by atoms with Crippen LogP contribution in [0, 0.1) is 23.0 Å². The summed E-state index contributed by atoms with van der Waals surface area (Å²) in [6, 6.07) is 12.2. The number of halogens is 2. The molecule has 1 N–H and O–H groups in total. The van der Waals surface area contributed by atoms with Gasteiger partial charge in [-0.2, -0.15) is 5.26 Å². The molecule has 4 rings (SSSR count). The van der Waals surface area contributed by atoms with E-state index in [2.05, 4.69) is 9.97 Å². The van der Waals surface area contributed by atoms with Crippen LogP contribution in [-0.2, 0) is 0 Å². The molecule has 6 nitrogen and oxygen atoms in total. The van der Waals surface area contributed by atoms with Crippen LogP contribution in [-0.4, -0.2) is 26.8 Å². The van der Waals surface area contributed by atoms with E-state index >= 15 is 0 Å². The first kappa shape index (κ1) is 19.1. The average Bonchev–Trinajstić information content (AvgIpc) is 3.10. The Morgan fingerprint density at radius 2 is 1.93 bits per heavy atom. The molecule has 2 aromatic heterocycles. The number of aromatic nitrogens is 3. The van der Waals surface area contributed by atoms with Crippen molar-refractivity contribution in [3.05, 3.63) is 77.2 Å². The van der Waals surface area contributed by atoms with E-state index in [0.29, 0.717) is 34.0 Å². The van der Waals surface area contributed by atoms with Crippen LogP contribution in [0.1, 0.15) is 17.0 Å². The summed E-state index contributed by atoms with van der Waals surface area (Å²) < 4.78 is 34.3. The number of pyridine rings is 1. The highest BCUT2D eigenvalue weighted by molar-refractivity contribution is 5.82. The zero-order valence-corrected chi connectivity index (χ0v) is 15.7. The smallest absolute Gasteiger partial charge is 0.165 e. The van der Waals surface area contributed by atoms with E-state index in [4.69, 9.17) is 10.00 Å². The summed E-state index contributed by atoms with van der Waals surface area (Å²) in [5.41, 5.74) is 1.37. The Morgan fingerprint density at radius 1 is 1.13 bits per heavy atom. The minimum Gasteiger partial charge on any atom is -0.504 e. The molecule has 0 spiro atoms. The molecule has 148 valence electrons. The molecule has 2 aromatic carbocycles. The van der Waals surface area contributed by atoms with Gasteiger partial charge < -0.3 is 9.84 Å². The van der Waals surface area contributed by atoms with Crippen molar-refractivity contribution in [3.63, 3.8) is 0 Å². The first-order valence-electron chi connectivity index (χ1n) is 8.80. The van der Waals surface area contributed by atoms with Gasteiger partial charge in [-0.05, 0) is 30.4 Å². The van der Waals surface area contributed by atoms with Gasteiger partial charge in [0.05, 0.1) is 23.7 Å². The molecule has 2 heterocycles. The molecule has 0 atom stereocenters. The Kier molecular flexibility index (Phi) is 4.86. The lowest BCUT2D eigenvalue weighted by molar-refractivity contribution is 0.373. The van der Waals surface area contributed by atoms with E-state index < -0.39 is 11.6 Å². The summed E-state index contributed by atoms with van der Waals surface area (Å²) in [7, 11) is 1.45. The lowest BCUT2D eigenvalue weighted by Crippen LogP contribution is -2.00. The molecule has 0 bridgehead atoms. The predicted octanol–water partition coefficient (Wildman–Crippen LogP) is 4.45. The number of aromatic hydroxyl groups is 1. The van der Waals surface area contributed by atoms with Crippen LogP contribution >= 0.6 is 0 Å². The van der Waals surface area contributed by atoms with Gasteiger partial charge in [0.25, 0.3) is 0 Å². The monoisotopic (exact) mass is 404 g/mol. The van der Waals surface area contributed by atoms with Gasteiger partial charge in [0, 0.05) is 23.9 Å². The third kappa shape index (κ3) is 3.33. The van der Waals surface area contributed by atoms with Crippen LogP contribution in [0.15, 0.2) is 48.7 Å². The number of methoxy groups -OCH3 is 1. The van der Waals surface area contributed by atoms with E-state index in [-0.39, 0.29) is 11.3 Å². The molecule has 0 unspecified atom stereocenters. The minimum atomic E-state index is -1.02. The molecular weight excluding hydrogens is 390 g/mol. The number of ether oxygens (including phenoxy) is 1. The maximum atomic E-state index is 13.9. The Bertz CT molecular complexity index is 1320. The van der Waals surface area contributed by atoms with Crippen LogP contribution in [0.25, 0.3) is 29.0 Å². The zero-order valence-electron chi connectivity index (χ0n) is 15.7. The summed E-state index contributed by atoms with van der Waals surface area (Å²) in [6.07, 6.45) is 4.57. The van der Waals surface area contributed by atoms with Crippen LogP contribution in [0.2, 0.25) is 0 Å². The molecule has 0 saturated heterocycles. The van der Waals surface area contributed by atoms with E-state index in [9.17, 15) is 13.9 Å². The normalized spacial score (nSPS) is 11.1. The van der Waals surface area contributed by atoms with Crippen molar-refractivity contribution in [1.82, 2.24) is 14.5 Å². The van der Waals surface area contributed by atoms with Crippen molar-refractivity contribution in [1.29, 1.82) is 5.26 Å². The molecule has 0 aliphatic rings. The number of para-hydroxylation sites is 1. The van der Waals surface area contributed by atoms with E-state index in [1.165, 1.54) is 17.9 Å². The summed E-state index contributed by atoms with van der Waals surface area (Å²) in [4.78, 5) is 8.61. The van der Waals surface area contributed by atoms with E-state index in [0.717, 1.165) is 12.1 Å². The third-order valence-electron chi connectivity index (χ3n) is 4.49. The van der Waals surface area contributed by atoms with Crippen LogP contribution in [0.5, 0.6) is 11.5 Å². The number of rotatable bonds is 4. The van der Waals surface area contributed by atoms with Crippen molar-refractivity contribution in [2.45, 2.75) is 0 Å². The van der Waals surface area contributed by atoms with Crippen molar-refractivity contribution >= 4 is 23.2 Å². The van der Waals surface area contributed by atoms with E-state index in [1.807, 2.05) is 6.07 Å². The number of nitrogens with zero attached hydrogens (tertiary/aromatic N) is 4. The number of phenolic OH excluding ortho intramolecular Hbond substituents is 1. The minimum absolute atomic E-state index is 0.0486. The fourth-order valence-corrected chi connectivity index (χ4v) is 3.03. The summed E-state index contributed by atoms with van der Waals surface area (Å²) in [5.74, 6) is -1.07. The number of imidazole rings is 1. The van der Waals surface area contributed by atoms with Gasteiger partial charge in [0.15, 0.2) is 23.1 Å². The molecule has 30 heavy (non-hydrogen) atoms. The van der Waals surface area contributed by atoms with Gasteiger partial charge in [-0.25, -0.2) is 18.7 Å². The Hall–Kier alpha value is -4.25. The second kappa shape index (κ2) is 7.64. The van der Waals surface area contributed by atoms with Gasteiger partial charge in [0.1, 0.15) is 17.7 Å². The van der Waals surface area contributed by atoms with Crippen LogP contribution < -0.4 is 4.74 Å². The van der Waals surface area contributed by atoms with E-state index in [1.54, 1.807) is 42.5 Å². The van der Waals surface area contributed by atoms with Crippen molar-refractivity contribution in [3.8, 4) is 23.4 Å². The Labute approximate surface area is 169 Å². The lowest BCUT2D eigenvalue weighted by Gasteiger charge is -2.07. The molecule has 0 saturated carbocycles. The molecule has 0 aliphatic carbocycles. The highest BCUT2D eigenvalue weighted by Crippen LogP contribution is 2.31. The summed E-state index contributed by atoms with van der Waals surface area (Å²) >= 11 is 0. The van der Waals surface area contributed by atoms with Crippen molar-refractivity contribution in [2.75, 3.05) is 7.11 Å². The predicted molar refractivity (Wildman–Crippen MR) is 107 cm³/mol. The SMILES string of the molecule is COc1cccc(C=Cc2nc3cc(F)c(F)cc3n2-c2ccc(C#N)cn2)c1O. The number of fused-ring (bicyclic) bond motifs is 1. The fraction of sp³-hybridized carbons (Fsp3) is 0.0455. The summed E-state index contributed by atoms with van der Waals surface area (Å²) in [6.45, 7) is 0. The largest absolute Gasteiger partial charge is 0.504 e. The van der Waals surface area contributed by atoms with Crippen LogP contribution in [0.4, 0.5) is 8.78 Å². The van der Waals surface area contributed by atoms with Crippen LogP contribution in [0.3, 0.4) is 0 Å². The number of nitriles is 1. The fourth-order valence-electron chi connectivity index (χ4n) is 3.03. The standard InChI is InChI=1S/C22H14F2N4O2/c1-30-19-4-2-3-14(22(19)29)6-8-21-27-17-9-15(23)16(24)10-18(17)28(21)20-7-5-13(11-25)12-26-20/h2-10,12,29H,1H3. The second-order valence-electron chi connectivity index (χ2n) is 6.31. The van der Waals surface area contributed by atoms with Gasteiger partial charge in [-0.15, -0.1) is 0 Å². The first-order valence-corrected chi connectivity index (χ1v) is 8.80. The maximum absolute atomic E-state index is 13.9. The Morgan fingerprint density at radius 3 is 2.63 bits per heavy atom. The quantitative estimate of drug-likeness (QED) is 0.543. The van der Waals surface area contributed by atoms with Crippen molar-refractivity contribution < 1.29 is 18.6 Å². The van der Waals surface area contributed by atoms with Gasteiger partial charge >= 0.3 is 0 Å². The maximum Gasteiger partial charge on any atom is 0.165 e. The molecule has 0 fully saturated rings. The van der Waals surface area contributed by atoms with Gasteiger partial charge in [0.2, 0.25) is 0 Å². The average molecular weight is 404 g/mol. The van der Waals surface area contributed by atoms with Gasteiger partial charge in [-0.1, -0.05) is 12.1 Å². The first-order chi connectivity index (χ1) is 14.5. The molecule has 4 aromatic rings. The lowest BCUT2D eigenvalue weighted by atomic mass is 10.1. The van der Waals surface area contributed by atoms with Gasteiger partial charge in [-0.3, -0.25) is 4.57 Å². The molecular formula is C22H14F2N4O2. The topological polar surface area (TPSA) is 84.0 Å². The molecule has 0 aliphatic heterocycles. The molecule has 0 radical (unpaired) electrons. The second-order valence-corrected chi connectivity index (χ2v) is 6.31.